The Kier molecular flexibility index (Phi) is 5.23. The Morgan fingerprint density at radius 3 is 3.12 bits per heavy atom. The lowest BCUT2D eigenvalue weighted by Gasteiger charge is -2.08. The zero-order chi connectivity index (χ0) is 17.9. The molecule has 136 valence electrons. The van der Waals surface area contributed by atoms with Crippen molar-refractivity contribution in [2.24, 2.45) is 0 Å². The van der Waals surface area contributed by atoms with E-state index in [-0.39, 0.29) is 11.7 Å². The average Bonchev–Trinajstić information content (AvgIpc) is 3.29. The number of ether oxygens (including phenoxy) is 1. The third-order valence-corrected chi connectivity index (χ3v) is 6.31. The zero-order valence-electron chi connectivity index (χ0n) is 14.4. The van der Waals surface area contributed by atoms with E-state index in [2.05, 4.69) is 15.5 Å². The average molecular weight is 390 g/mol. The zero-order valence-corrected chi connectivity index (χ0v) is 16.0. The van der Waals surface area contributed by atoms with Crippen molar-refractivity contribution in [1.29, 1.82) is 0 Å². The smallest absolute Gasteiger partial charge is 0.336 e. The summed E-state index contributed by atoms with van der Waals surface area (Å²) in [4.78, 5) is 11.8. The highest BCUT2D eigenvalue weighted by Crippen LogP contribution is 2.30. The van der Waals surface area contributed by atoms with Crippen molar-refractivity contribution in [3.05, 3.63) is 45.8 Å². The van der Waals surface area contributed by atoms with E-state index in [0.717, 1.165) is 52.0 Å². The molecular formula is C18H19N3O3S2. The number of rotatable bonds is 6. The number of hydrogen-bond donors (Lipinski definition) is 1. The highest BCUT2D eigenvalue weighted by Gasteiger charge is 2.16. The van der Waals surface area contributed by atoms with Gasteiger partial charge in [-0.05, 0) is 37.0 Å². The standard InChI is InChI=1S/C18H19N3O3S2/c1-11-4-5-14-12(8-16(22)24-15(14)7-11)10-25-18-21-20-17(26-18)19-9-13-3-2-6-23-13/h4-5,7-8,13H,2-3,6,9-10H2,1H3,(H,19,20). The fourth-order valence-electron chi connectivity index (χ4n) is 2.94. The summed E-state index contributed by atoms with van der Waals surface area (Å²) in [6.07, 6.45) is 2.49. The molecule has 0 saturated carbocycles. The van der Waals surface area contributed by atoms with Crippen LogP contribution in [-0.4, -0.2) is 29.5 Å². The van der Waals surface area contributed by atoms with Crippen molar-refractivity contribution in [3.63, 3.8) is 0 Å². The molecule has 26 heavy (non-hydrogen) atoms. The van der Waals surface area contributed by atoms with Crippen molar-refractivity contribution in [3.8, 4) is 0 Å². The van der Waals surface area contributed by atoms with E-state index in [1.165, 1.54) is 11.3 Å². The number of fused-ring (bicyclic) bond motifs is 1. The van der Waals surface area contributed by atoms with Crippen LogP contribution in [0.15, 0.2) is 37.8 Å². The Labute approximate surface area is 159 Å². The minimum Gasteiger partial charge on any atom is -0.423 e. The van der Waals surface area contributed by atoms with E-state index in [1.807, 2.05) is 25.1 Å². The molecule has 0 spiro atoms. The summed E-state index contributed by atoms with van der Waals surface area (Å²) in [5, 5.41) is 13.5. The van der Waals surface area contributed by atoms with Crippen LogP contribution in [0.3, 0.4) is 0 Å². The SMILES string of the molecule is Cc1ccc2c(CSc3nnc(NCC4CCCO4)s3)cc(=O)oc2c1. The van der Waals surface area contributed by atoms with Gasteiger partial charge in [-0.2, -0.15) is 0 Å². The quantitative estimate of drug-likeness (QED) is 0.507. The maximum Gasteiger partial charge on any atom is 0.336 e. The van der Waals surface area contributed by atoms with Crippen LogP contribution in [0.25, 0.3) is 11.0 Å². The van der Waals surface area contributed by atoms with E-state index in [4.69, 9.17) is 9.15 Å². The lowest BCUT2D eigenvalue weighted by Crippen LogP contribution is -2.18. The molecule has 2 aromatic heterocycles. The second-order valence-electron chi connectivity index (χ2n) is 6.27. The molecule has 0 radical (unpaired) electrons. The van der Waals surface area contributed by atoms with Crippen molar-refractivity contribution in [2.45, 2.75) is 36.0 Å². The van der Waals surface area contributed by atoms with Crippen LogP contribution >= 0.6 is 23.1 Å². The molecule has 0 amide bonds. The van der Waals surface area contributed by atoms with Crippen LogP contribution < -0.4 is 10.9 Å². The van der Waals surface area contributed by atoms with E-state index in [0.29, 0.717) is 11.3 Å². The number of aryl methyl sites for hydroxylation is 1. The van der Waals surface area contributed by atoms with Gasteiger partial charge in [0.2, 0.25) is 5.13 Å². The Morgan fingerprint density at radius 2 is 2.27 bits per heavy atom. The molecule has 1 aliphatic rings. The Balaban J connectivity index is 1.42. The molecule has 1 fully saturated rings. The van der Waals surface area contributed by atoms with Gasteiger partial charge in [0.05, 0.1) is 6.10 Å². The first-order valence-corrected chi connectivity index (χ1v) is 10.3. The maximum absolute atomic E-state index is 11.8. The van der Waals surface area contributed by atoms with Gasteiger partial charge in [0.1, 0.15) is 5.58 Å². The second-order valence-corrected chi connectivity index (χ2v) is 8.47. The van der Waals surface area contributed by atoms with Crippen LogP contribution in [-0.2, 0) is 10.5 Å². The van der Waals surface area contributed by atoms with Crippen LogP contribution in [0, 0.1) is 6.92 Å². The fourth-order valence-corrected chi connectivity index (χ4v) is 4.69. The molecule has 3 aromatic rings. The number of anilines is 1. The number of thioether (sulfide) groups is 1. The first kappa shape index (κ1) is 17.5. The van der Waals surface area contributed by atoms with Crippen LogP contribution in [0.2, 0.25) is 0 Å². The summed E-state index contributed by atoms with van der Waals surface area (Å²) >= 11 is 3.09. The van der Waals surface area contributed by atoms with Crippen molar-refractivity contribution in [2.75, 3.05) is 18.5 Å². The Bertz CT molecular complexity index is 964. The molecule has 0 aliphatic carbocycles. The van der Waals surface area contributed by atoms with Gasteiger partial charge >= 0.3 is 5.63 Å². The summed E-state index contributed by atoms with van der Waals surface area (Å²) in [5.41, 5.74) is 2.32. The van der Waals surface area contributed by atoms with Crippen molar-refractivity contribution < 1.29 is 9.15 Å². The first-order chi connectivity index (χ1) is 12.7. The summed E-state index contributed by atoms with van der Waals surface area (Å²) < 4.78 is 11.8. The minimum absolute atomic E-state index is 0.272. The van der Waals surface area contributed by atoms with Crippen LogP contribution in [0.4, 0.5) is 5.13 Å². The van der Waals surface area contributed by atoms with Crippen molar-refractivity contribution >= 4 is 39.2 Å². The summed E-state index contributed by atoms with van der Waals surface area (Å²) in [6.45, 7) is 3.60. The number of nitrogens with one attached hydrogen (secondary N) is 1. The first-order valence-electron chi connectivity index (χ1n) is 8.52. The van der Waals surface area contributed by atoms with E-state index >= 15 is 0 Å². The van der Waals surface area contributed by atoms with E-state index in [1.54, 1.807) is 17.8 Å². The molecule has 3 heterocycles. The largest absolute Gasteiger partial charge is 0.423 e. The van der Waals surface area contributed by atoms with E-state index < -0.39 is 0 Å². The summed E-state index contributed by atoms with van der Waals surface area (Å²) in [6, 6.07) is 7.47. The van der Waals surface area contributed by atoms with Gasteiger partial charge in [-0.15, -0.1) is 10.2 Å². The lowest BCUT2D eigenvalue weighted by molar-refractivity contribution is 0.120. The molecule has 1 aliphatic heterocycles. The number of aromatic nitrogens is 2. The number of nitrogens with zero attached hydrogens (tertiary/aromatic N) is 2. The van der Waals surface area contributed by atoms with Crippen LogP contribution in [0.1, 0.15) is 24.0 Å². The number of benzene rings is 1. The third kappa shape index (κ3) is 4.08. The van der Waals surface area contributed by atoms with Gasteiger partial charge in [-0.25, -0.2) is 4.79 Å². The predicted molar refractivity (Wildman–Crippen MR) is 104 cm³/mol. The summed E-state index contributed by atoms with van der Waals surface area (Å²) in [5.74, 6) is 0.644. The molecule has 4 rings (SSSR count). The molecule has 1 aromatic carbocycles. The molecule has 1 saturated heterocycles. The molecule has 1 unspecified atom stereocenters. The highest BCUT2D eigenvalue weighted by molar-refractivity contribution is 8.00. The van der Waals surface area contributed by atoms with Gasteiger partial charge < -0.3 is 14.5 Å². The molecule has 6 nitrogen and oxygen atoms in total. The van der Waals surface area contributed by atoms with E-state index in [9.17, 15) is 4.79 Å². The number of hydrogen-bond acceptors (Lipinski definition) is 8. The molecule has 8 heteroatoms. The minimum atomic E-state index is -0.324. The normalized spacial score (nSPS) is 17.0. The van der Waals surface area contributed by atoms with Gasteiger partial charge in [0.25, 0.3) is 0 Å². The molecule has 0 bridgehead atoms. The molecular weight excluding hydrogens is 370 g/mol. The van der Waals surface area contributed by atoms with Crippen LogP contribution in [0.5, 0.6) is 0 Å². The lowest BCUT2D eigenvalue weighted by atomic mass is 10.1. The van der Waals surface area contributed by atoms with Gasteiger partial charge in [-0.1, -0.05) is 35.2 Å². The molecule has 1 N–H and O–H groups in total. The summed E-state index contributed by atoms with van der Waals surface area (Å²) in [7, 11) is 0. The topological polar surface area (TPSA) is 77.3 Å². The maximum atomic E-state index is 11.8. The Hall–Kier alpha value is -1.90. The van der Waals surface area contributed by atoms with Gasteiger partial charge in [0, 0.05) is 30.4 Å². The predicted octanol–water partition coefficient (Wildman–Crippen LogP) is 3.84. The third-order valence-electron chi connectivity index (χ3n) is 4.25. The van der Waals surface area contributed by atoms with Crippen molar-refractivity contribution in [1.82, 2.24) is 10.2 Å². The van der Waals surface area contributed by atoms with Gasteiger partial charge in [-0.3, -0.25) is 0 Å². The molecule has 1 atom stereocenters. The Morgan fingerprint density at radius 1 is 1.35 bits per heavy atom. The highest BCUT2D eigenvalue weighted by atomic mass is 32.2. The second kappa shape index (κ2) is 7.77. The van der Waals surface area contributed by atoms with Gasteiger partial charge in [0.15, 0.2) is 4.34 Å². The monoisotopic (exact) mass is 389 g/mol. The fraction of sp³-hybridized carbons (Fsp3) is 0.389.